The van der Waals surface area contributed by atoms with Gasteiger partial charge in [-0.25, -0.2) is 15.0 Å². The standard InChI is InChI=1S/C54H37N3O/c1-54(2)46-24-10-9-22-42(46)44-32-38(26-28-47(44)54)39-27-29-48-45(33-39)50-43(23-13-25-49(50)58-48)53-56-51(40-20-11-18-36(30-40)34-14-5-3-6-15-34)55-52(57-53)41-21-12-19-37(31-41)35-16-7-4-8-17-35/h3-33H,1-2H3. The number of hydrogen-bond donors (Lipinski definition) is 0. The number of rotatable bonds is 6. The van der Waals surface area contributed by atoms with Crippen LogP contribution in [0.15, 0.2) is 192 Å². The largest absolute Gasteiger partial charge is 0.456 e. The van der Waals surface area contributed by atoms with E-state index >= 15 is 0 Å². The van der Waals surface area contributed by atoms with Crippen LogP contribution in [0.4, 0.5) is 0 Å². The van der Waals surface area contributed by atoms with Gasteiger partial charge in [-0.3, -0.25) is 0 Å². The Kier molecular flexibility index (Phi) is 7.80. The van der Waals surface area contributed by atoms with E-state index in [1.807, 2.05) is 24.3 Å². The molecule has 0 spiro atoms. The summed E-state index contributed by atoms with van der Waals surface area (Å²) in [6.07, 6.45) is 0. The first-order chi connectivity index (χ1) is 28.5. The molecule has 58 heavy (non-hydrogen) atoms. The molecule has 2 aromatic heterocycles. The summed E-state index contributed by atoms with van der Waals surface area (Å²) in [6.45, 7) is 4.64. The second-order valence-corrected chi connectivity index (χ2v) is 15.6. The zero-order valence-corrected chi connectivity index (χ0v) is 32.1. The maximum atomic E-state index is 6.54. The van der Waals surface area contributed by atoms with E-state index in [-0.39, 0.29) is 5.41 Å². The second-order valence-electron chi connectivity index (χ2n) is 15.6. The molecule has 0 saturated heterocycles. The number of nitrogens with zero attached hydrogens (tertiary/aromatic N) is 3. The summed E-state index contributed by atoms with van der Waals surface area (Å²) in [5.41, 5.74) is 16.4. The Morgan fingerprint density at radius 2 is 0.845 bits per heavy atom. The van der Waals surface area contributed by atoms with E-state index in [9.17, 15) is 0 Å². The van der Waals surface area contributed by atoms with Crippen LogP contribution in [0.3, 0.4) is 0 Å². The van der Waals surface area contributed by atoms with Gasteiger partial charge in [0.2, 0.25) is 0 Å². The Bertz CT molecular complexity index is 3100. The Morgan fingerprint density at radius 1 is 0.345 bits per heavy atom. The summed E-state index contributed by atoms with van der Waals surface area (Å²) < 4.78 is 6.54. The highest BCUT2D eigenvalue weighted by Gasteiger charge is 2.35. The summed E-state index contributed by atoms with van der Waals surface area (Å²) in [6, 6.07) is 66.1. The highest BCUT2D eigenvalue weighted by molar-refractivity contribution is 6.13. The van der Waals surface area contributed by atoms with Crippen LogP contribution in [0.5, 0.6) is 0 Å². The number of hydrogen-bond acceptors (Lipinski definition) is 4. The molecule has 0 atom stereocenters. The van der Waals surface area contributed by atoms with Gasteiger partial charge >= 0.3 is 0 Å². The molecule has 0 unspecified atom stereocenters. The van der Waals surface area contributed by atoms with Crippen molar-refractivity contribution < 1.29 is 4.42 Å². The third kappa shape index (κ3) is 5.64. The van der Waals surface area contributed by atoms with Gasteiger partial charge in [0.05, 0.1) is 0 Å². The molecule has 0 bridgehead atoms. The smallest absolute Gasteiger partial charge is 0.164 e. The van der Waals surface area contributed by atoms with E-state index in [2.05, 4.69) is 178 Å². The first-order valence-electron chi connectivity index (χ1n) is 19.8. The highest BCUT2D eigenvalue weighted by atomic mass is 16.3. The number of aromatic nitrogens is 3. The number of benzene rings is 8. The molecule has 4 heteroatoms. The van der Waals surface area contributed by atoms with Crippen LogP contribution in [0, 0.1) is 0 Å². The topological polar surface area (TPSA) is 51.8 Å². The quantitative estimate of drug-likeness (QED) is 0.170. The molecular weight excluding hydrogens is 707 g/mol. The SMILES string of the molecule is CC1(C)c2ccccc2-c2cc(-c3ccc4oc5cccc(-c6nc(-c7cccc(-c8ccccc8)c7)nc(-c7cccc(-c8ccccc8)c7)n6)c5c4c3)ccc21. The third-order valence-electron chi connectivity index (χ3n) is 11.7. The van der Waals surface area contributed by atoms with Crippen molar-refractivity contribution in [2.45, 2.75) is 19.3 Å². The molecule has 0 saturated carbocycles. The van der Waals surface area contributed by atoms with Gasteiger partial charge < -0.3 is 4.42 Å². The summed E-state index contributed by atoms with van der Waals surface area (Å²) in [7, 11) is 0. The molecule has 1 aliphatic rings. The molecule has 0 N–H and O–H groups in total. The van der Waals surface area contributed by atoms with Gasteiger partial charge in [-0.15, -0.1) is 0 Å². The Balaban J connectivity index is 1.09. The first kappa shape index (κ1) is 33.9. The van der Waals surface area contributed by atoms with Gasteiger partial charge in [0.25, 0.3) is 0 Å². The van der Waals surface area contributed by atoms with Gasteiger partial charge in [0.15, 0.2) is 17.5 Å². The van der Waals surface area contributed by atoms with Crippen molar-refractivity contribution in [1.29, 1.82) is 0 Å². The predicted molar refractivity (Wildman–Crippen MR) is 237 cm³/mol. The van der Waals surface area contributed by atoms with E-state index in [4.69, 9.17) is 19.4 Å². The maximum absolute atomic E-state index is 6.54. The summed E-state index contributed by atoms with van der Waals surface area (Å²) in [5, 5.41) is 2.00. The molecule has 11 rings (SSSR count). The van der Waals surface area contributed by atoms with Gasteiger partial charge in [-0.1, -0.05) is 166 Å². The Morgan fingerprint density at radius 3 is 1.53 bits per heavy atom. The molecule has 4 nitrogen and oxygen atoms in total. The van der Waals surface area contributed by atoms with E-state index in [0.29, 0.717) is 17.5 Å². The molecule has 274 valence electrons. The zero-order valence-electron chi connectivity index (χ0n) is 32.1. The van der Waals surface area contributed by atoms with Crippen molar-refractivity contribution in [3.63, 3.8) is 0 Å². The van der Waals surface area contributed by atoms with E-state index in [1.165, 1.54) is 27.8 Å². The average molecular weight is 744 g/mol. The van der Waals surface area contributed by atoms with Crippen molar-refractivity contribution in [3.05, 3.63) is 199 Å². The van der Waals surface area contributed by atoms with E-state index in [0.717, 1.165) is 66.4 Å². The summed E-state index contributed by atoms with van der Waals surface area (Å²) >= 11 is 0. The molecule has 0 aliphatic heterocycles. The van der Waals surface area contributed by atoms with Crippen LogP contribution in [-0.2, 0) is 5.41 Å². The zero-order chi connectivity index (χ0) is 38.8. The number of fused-ring (bicyclic) bond motifs is 6. The maximum Gasteiger partial charge on any atom is 0.164 e. The molecule has 0 amide bonds. The molecule has 0 fully saturated rings. The lowest BCUT2D eigenvalue weighted by atomic mass is 9.82. The van der Waals surface area contributed by atoms with Gasteiger partial charge in [0, 0.05) is 32.9 Å². The molecule has 2 heterocycles. The fourth-order valence-corrected chi connectivity index (χ4v) is 8.78. The van der Waals surface area contributed by atoms with Crippen molar-refractivity contribution in [3.8, 4) is 78.7 Å². The summed E-state index contributed by atoms with van der Waals surface area (Å²) in [5.74, 6) is 1.80. The Labute approximate surface area is 337 Å². The van der Waals surface area contributed by atoms with Crippen molar-refractivity contribution >= 4 is 21.9 Å². The van der Waals surface area contributed by atoms with Gasteiger partial charge in [-0.2, -0.15) is 0 Å². The third-order valence-corrected chi connectivity index (χ3v) is 11.7. The van der Waals surface area contributed by atoms with E-state index < -0.39 is 0 Å². The minimum Gasteiger partial charge on any atom is -0.456 e. The highest BCUT2D eigenvalue weighted by Crippen LogP contribution is 2.50. The monoisotopic (exact) mass is 743 g/mol. The van der Waals surface area contributed by atoms with Crippen molar-refractivity contribution in [2.24, 2.45) is 0 Å². The molecule has 10 aromatic rings. The predicted octanol–water partition coefficient (Wildman–Crippen LogP) is 14.1. The lowest BCUT2D eigenvalue weighted by Crippen LogP contribution is -2.14. The van der Waals surface area contributed by atoms with Crippen molar-refractivity contribution in [2.75, 3.05) is 0 Å². The average Bonchev–Trinajstić information content (AvgIpc) is 3.78. The molecular formula is C54H37N3O. The number of furan rings is 1. The fraction of sp³-hybridized carbons (Fsp3) is 0.0556. The van der Waals surface area contributed by atoms with Crippen LogP contribution < -0.4 is 0 Å². The minimum absolute atomic E-state index is 0.0436. The molecule has 1 aliphatic carbocycles. The second kappa shape index (κ2) is 13.4. The lowest BCUT2D eigenvalue weighted by molar-refractivity contribution is 0.660. The lowest BCUT2D eigenvalue weighted by Gasteiger charge is -2.21. The van der Waals surface area contributed by atoms with Crippen molar-refractivity contribution in [1.82, 2.24) is 15.0 Å². The minimum atomic E-state index is -0.0436. The van der Waals surface area contributed by atoms with Gasteiger partial charge in [0.1, 0.15) is 11.2 Å². The van der Waals surface area contributed by atoms with Gasteiger partial charge in [-0.05, 0) is 92.0 Å². The summed E-state index contributed by atoms with van der Waals surface area (Å²) in [4.78, 5) is 15.6. The fourth-order valence-electron chi connectivity index (χ4n) is 8.78. The Hall–Kier alpha value is -7.43. The normalized spacial score (nSPS) is 12.8. The molecule has 0 radical (unpaired) electrons. The van der Waals surface area contributed by atoms with Crippen LogP contribution in [0.25, 0.3) is 101 Å². The van der Waals surface area contributed by atoms with Crippen LogP contribution in [0.2, 0.25) is 0 Å². The molecule has 8 aromatic carbocycles. The van der Waals surface area contributed by atoms with E-state index in [1.54, 1.807) is 0 Å². The van der Waals surface area contributed by atoms with Crippen LogP contribution in [-0.4, -0.2) is 15.0 Å². The van der Waals surface area contributed by atoms with Crippen LogP contribution in [0.1, 0.15) is 25.0 Å². The van der Waals surface area contributed by atoms with Crippen LogP contribution >= 0.6 is 0 Å². The first-order valence-corrected chi connectivity index (χ1v) is 19.8.